The maximum absolute atomic E-state index is 10.8. The molecule has 0 saturated carbocycles. The van der Waals surface area contributed by atoms with Gasteiger partial charge in [0.05, 0.1) is 11.4 Å². The van der Waals surface area contributed by atoms with E-state index in [1.54, 1.807) is 6.20 Å². The maximum Gasteiger partial charge on any atom is 0.240 e. The number of pyridine rings is 1. The average molecular weight is 175 g/mol. The molecule has 0 saturated heterocycles. The van der Waals surface area contributed by atoms with Gasteiger partial charge in [0.15, 0.2) is 0 Å². The second-order valence-corrected chi connectivity index (χ2v) is 2.81. The number of rotatable bonds is 1. The van der Waals surface area contributed by atoms with Crippen LogP contribution in [0.5, 0.6) is 0 Å². The first-order valence-corrected chi connectivity index (χ1v) is 4.13. The first-order valence-electron chi connectivity index (χ1n) is 4.13. The molecule has 1 aromatic heterocycles. The van der Waals surface area contributed by atoms with Gasteiger partial charge in [-0.2, -0.15) is 5.10 Å². The van der Waals surface area contributed by atoms with Crippen LogP contribution in [0.4, 0.5) is 0 Å². The van der Waals surface area contributed by atoms with Gasteiger partial charge in [0.25, 0.3) is 0 Å². The lowest BCUT2D eigenvalue weighted by atomic mass is 10.1. The van der Waals surface area contributed by atoms with Crippen molar-refractivity contribution in [3.63, 3.8) is 0 Å². The summed E-state index contributed by atoms with van der Waals surface area (Å²) < 4.78 is 0. The second kappa shape index (κ2) is 3.35. The average Bonchev–Trinajstić information content (AvgIpc) is 2.20. The summed E-state index contributed by atoms with van der Waals surface area (Å²) >= 11 is 0. The van der Waals surface area contributed by atoms with E-state index < -0.39 is 0 Å². The molecule has 0 unspecified atom stereocenters. The Labute approximate surface area is 75.7 Å². The Morgan fingerprint density at radius 2 is 2.23 bits per heavy atom. The van der Waals surface area contributed by atoms with Crippen molar-refractivity contribution in [2.45, 2.75) is 12.8 Å². The van der Waals surface area contributed by atoms with Crippen molar-refractivity contribution >= 4 is 11.6 Å². The Kier molecular flexibility index (Phi) is 2.04. The molecule has 1 amide bonds. The summed E-state index contributed by atoms with van der Waals surface area (Å²) in [5.41, 5.74) is 4.12. The smallest absolute Gasteiger partial charge is 0.240 e. The summed E-state index contributed by atoms with van der Waals surface area (Å²) in [4.78, 5) is 14.9. The van der Waals surface area contributed by atoms with E-state index in [9.17, 15) is 4.79 Å². The predicted molar refractivity (Wildman–Crippen MR) is 48.2 cm³/mol. The number of carbonyl (C=O) groups is 1. The molecule has 66 valence electrons. The minimum atomic E-state index is -0.0281. The van der Waals surface area contributed by atoms with Crippen LogP contribution in [0.25, 0.3) is 0 Å². The fourth-order valence-corrected chi connectivity index (χ4v) is 1.19. The summed E-state index contributed by atoms with van der Waals surface area (Å²) in [5.74, 6) is -0.0281. The number of carbonyl (C=O) groups excluding carboxylic acids is 1. The quantitative estimate of drug-likeness (QED) is 0.682. The number of hydrogen-bond donors (Lipinski definition) is 1. The highest BCUT2D eigenvalue weighted by molar-refractivity contribution is 6.02. The van der Waals surface area contributed by atoms with Gasteiger partial charge < -0.3 is 0 Å². The van der Waals surface area contributed by atoms with Crippen LogP contribution >= 0.6 is 0 Å². The van der Waals surface area contributed by atoms with Crippen LogP contribution in [-0.2, 0) is 4.79 Å². The molecular formula is C9H9N3O. The molecule has 4 nitrogen and oxygen atoms in total. The zero-order valence-electron chi connectivity index (χ0n) is 7.03. The summed E-state index contributed by atoms with van der Waals surface area (Å²) in [6, 6.07) is 5.64. The molecule has 2 rings (SSSR count). The van der Waals surface area contributed by atoms with Crippen LogP contribution in [0, 0.1) is 0 Å². The van der Waals surface area contributed by atoms with Gasteiger partial charge in [-0.05, 0) is 12.1 Å². The topological polar surface area (TPSA) is 54.4 Å². The molecule has 13 heavy (non-hydrogen) atoms. The monoisotopic (exact) mass is 175 g/mol. The van der Waals surface area contributed by atoms with Gasteiger partial charge in [-0.1, -0.05) is 6.07 Å². The highest BCUT2D eigenvalue weighted by Gasteiger charge is 2.13. The molecule has 0 bridgehead atoms. The normalized spacial score (nSPS) is 16.3. The molecule has 0 radical (unpaired) electrons. The third-order valence-corrected chi connectivity index (χ3v) is 1.86. The van der Waals surface area contributed by atoms with Gasteiger partial charge in [0, 0.05) is 19.0 Å². The molecule has 0 fully saturated rings. The molecular weight excluding hydrogens is 166 g/mol. The van der Waals surface area contributed by atoms with Crippen LogP contribution in [0.15, 0.2) is 29.5 Å². The number of hydrogen-bond acceptors (Lipinski definition) is 3. The Balaban J connectivity index is 2.23. The molecule has 0 atom stereocenters. The van der Waals surface area contributed by atoms with E-state index in [1.807, 2.05) is 18.2 Å². The zero-order chi connectivity index (χ0) is 9.10. The SMILES string of the molecule is O=C1CCC(c2ccccn2)=NN1. The van der Waals surface area contributed by atoms with Gasteiger partial charge in [-0.15, -0.1) is 0 Å². The fourth-order valence-electron chi connectivity index (χ4n) is 1.19. The highest BCUT2D eigenvalue weighted by Crippen LogP contribution is 2.06. The summed E-state index contributed by atoms with van der Waals surface area (Å²) in [6.07, 6.45) is 2.88. The van der Waals surface area contributed by atoms with Crippen molar-refractivity contribution in [2.75, 3.05) is 0 Å². The molecule has 1 N–H and O–H groups in total. The molecule has 0 aliphatic carbocycles. The Bertz CT molecular complexity index is 345. The van der Waals surface area contributed by atoms with E-state index in [4.69, 9.17) is 0 Å². The first-order chi connectivity index (χ1) is 6.36. The molecule has 4 heteroatoms. The molecule has 0 aromatic carbocycles. The van der Waals surface area contributed by atoms with Crippen molar-refractivity contribution in [1.29, 1.82) is 0 Å². The summed E-state index contributed by atoms with van der Waals surface area (Å²) in [6.45, 7) is 0. The first kappa shape index (κ1) is 7.91. The molecule has 0 spiro atoms. The van der Waals surface area contributed by atoms with E-state index in [2.05, 4.69) is 15.5 Å². The van der Waals surface area contributed by atoms with Gasteiger partial charge in [-0.3, -0.25) is 9.78 Å². The molecule has 2 heterocycles. The van der Waals surface area contributed by atoms with Crippen LogP contribution in [-0.4, -0.2) is 16.6 Å². The van der Waals surface area contributed by atoms with E-state index in [0.717, 1.165) is 11.4 Å². The third-order valence-electron chi connectivity index (χ3n) is 1.86. The molecule has 1 aliphatic rings. The maximum atomic E-state index is 10.8. The van der Waals surface area contributed by atoms with Crippen LogP contribution < -0.4 is 5.43 Å². The van der Waals surface area contributed by atoms with Crippen molar-refractivity contribution in [1.82, 2.24) is 10.4 Å². The lowest BCUT2D eigenvalue weighted by Gasteiger charge is -2.10. The van der Waals surface area contributed by atoms with E-state index in [1.165, 1.54) is 0 Å². The lowest BCUT2D eigenvalue weighted by Crippen LogP contribution is -2.26. The Morgan fingerprint density at radius 1 is 1.31 bits per heavy atom. The second-order valence-electron chi connectivity index (χ2n) is 2.81. The van der Waals surface area contributed by atoms with Crippen LogP contribution in [0.1, 0.15) is 18.5 Å². The van der Waals surface area contributed by atoms with Gasteiger partial charge >= 0.3 is 0 Å². The van der Waals surface area contributed by atoms with Crippen molar-refractivity contribution in [3.05, 3.63) is 30.1 Å². The minimum absolute atomic E-state index is 0.0281. The molecule has 1 aliphatic heterocycles. The predicted octanol–water partition coefficient (Wildman–Crippen LogP) is 0.696. The highest BCUT2D eigenvalue weighted by atomic mass is 16.2. The lowest BCUT2D eigenvalue weighted by molar-refractivity contribution is -0.121. The summed E-state index contributed by atoms with van der Waals surface area (Å²) in [7, 11) is 0. The standard InChI is InChI=1S/C9H9N3O/c13-9-5-4-8(11-12-9)7-3-1-2-6-10-7/h1-3,6H,4-5H2,(H,12,13). The molecule has 1 aromatic rings. The number of hydrazone groups is 1. The van der Waals surface area contributed by atoms with Crippen molar-refractivity contribution < 1.29 is 4.79 Å². The Hall–Kier alpha value is -1.71. The van der Waals surface area contributed by atoms with E-state index in [0.29, 0.717) is 12.8 Å². The number of nitrogens with zero attached hydrogens (tertiary/aromatic N) is 2. The number of nitrogens with one attached hydrogen (secondary N) is 1. The van der Waals surface area contributed by atoms with Crippen LogP contribution in [0.3, 0.4) is 0 Å². The third kappa shape index (κ3) is 1.72. The number of aromatic nitrogens is 1. The van der Waals surface area contributed by atoms with E-state index >= 15 is 0 Å². The fraction of sp³-hybridized carbons (Fsp3) is 0.222. The minimum Gasteiger partial charge on any atom is -0.273 e. The number of amides is 1. The Morgan fingerprint density at radius 3 is 2.85 bits per heavy atom. The van der Waals surface area contributed by atoms with Gasteiger partial charge in [-0.25, -0.2) is 5.43 Å². The summed E-state index contributed by atoms with van der Waals surface area (Å²) in [5, 5.41) is 3.94. The van der Waals surface area contributed by atoms with Crippen molar-refractivity contribution in [3.8, 4) is 0 Å². The zero-order valence-corrected chi connectivity index (χ0v) is 7.03. The van der Waals surface area contributed by atoms with Gasteiger partial charge in [0.1, 0.15) is 0 Å². The van der Waals surface area contributed by atoms with Crippen molar-refractivity contribution in [2.24, 2.45) is 5.10 Å². The van der Waals surface area contributed by atoms with Gasteiger partial charge in [0.2, 0.25) is 5.91 Å². The van der Waals surface area contributed by atoms with Crippen LogP contribution in [0.2, 0.25) is 0 Å². The largest absolute Gasteiger partial charge is 0.273 e. The van der Waals surface area contributed by atoms with E-state index in [-0.39, 0.29) is 5.91 Å².